The minimum atomic E-state index is -0.186. The predicted molar refractivity (Wildman–Crippen MR) is 142 cm³/mol. The number of nitrogens with zero attached hydrogens (tertiary/aromatic N) is 3. The largest absolute Gasteiger partial charge is 0.459 e. The van der Waals surface area contributed by atoms with Gasteiger partial charge in [0.2, 0.25) is 0 Å². The van der Waals surface area contributed by atoms with Gasteiger partial charge in [-0.05, 0) is 67.0 Å². The number of carbonyl (C=O) groups is 1. The highest BCUT2D eigenvalue weighted by Gasteiger charge is 2.35. The Kier molecular flexibility index (Phi) is 7.50. The molecule has 1 heterocycles. The van der Waals surface area contributed by atoms with Crippen molar-refractivity contribution >= 4 is 22.7 Å². The summed E-state index contributed by atoms with van der Waals surface area (Å²) < 4.78 is 10.4. The summed E-state index contributed by atoms with van der Waals surface area (Å²) in [6.07, 6.45) is 9.02. The van der Waals surface area contributed by atoms with Gasteiger partial charge in [0.25, 0.3) is 5.82 Å². The normalized spacial score (nSPS) is 20.1. The van der Waals surface area contributed by atoms with Crippen molar-refractivity contribution in [1.82, 2.24) is 4.57 Å². The number of aromatic nitrogens is 2. The van der Waals surface area contributed by atoms with Crippen molar-refractivity contribution in [3.8, 4) is 23.7 Å². The molecule has 3 aromatic rings. The molecule has 1 fully saturated rings. The first kappa shape index (κ1) is 24.9. The number of hydrogen-bond donors (Lipinski definition) is 0. The maximum atomic E-state index is 13.4. The number of terminal acetylenes is 1. The highest BCUT2D eigenvalue weighted by molar-refractivity contribution is 5.78. The van der Waals surface area contributed by atoms with Crippen LogP contribution in [0.4, 0.5) is 5.69 Å². The molecule has 5 heteroatoms. The second-order valence-corrected chi connectivity index (χ2v) is 10.5. The number of esters is 1. The SMILES string of the molecule is C#CCn1c(-c2ccc(N(C)C)cc2)[n+](CC(=O)O[C@@H]2C[C@H](C)CC[C@H]2C(C)C)c2ccccc21. The Bertz CT molecular complexity index is 1220. The van der Waals surface area contributed by atoms with Crippen molar-refractivity contribution in [3.63, 3.8) is 0 Å². The lowest BCUT2D eigenvalue weighted by atomic mass is 9.75. The molecule has 35 heavy (non-hydrogen) atoms. The lowest BCUT2D eigenvalue weighted by Crippen LogP contribution is -2.43. The molecular formula is C30H38N3O2+. The molecule has 0 unspecified atom stereocenters. The summed E-state index contributed by atoms with van der Waals surface area (Å²) in [4.78, 5) is 15.5. The molecule has 1 aliphatic rings. The van der Waals surface area contributed by atoms with Crippen LogP contribution >= 0.6 is 0 Å². The second-order valence-electron chi connectivity index (χ2n) is 10.5. The number of rotatable bonds is 7. The molecule has 0 radical (unpaired) electrons. The van der Waals surface area contributed by atoms with Crippen LogP contribution in [0.2, 0.25) is 0 Å². The molecular weight excluding hydrogens is 434 g/mol. The average Bonchev–Trinajstić information content (AvgIpc) is 3.12. The van der Waals surface area contributed by atoms with Crippen molar-refractivity contribution in [2.24, 2.45) is 17.8 Å². The molecule has 3 atom stereocenters. The Morgan fingerprint density at radius 3 is 2.54 bits per heavy atom. The highest BCUT2D eigenvalue weighted by Crippen LogP contribution is 2.35. The molecule has 2 aromatic carbocycles. The van der Waals surface area contributed by atoms with E-state index in [2.05, 4.69) is 71.1 Å². The third-order valence-electron chi connectivity index (χ3n) is 7.40. The van der Waals surface area contributed by atoms with E-state index in [1.165, 1.54) is 6.42 Å². The van der Waals surface area contributed by atoms with Crippen molar-refractivity contribution in [3.05, 3.63) is 48.5 Å². The molecule has 1 aromatic heterocycles. The summed E-state index contributed by atoms with van der Waals surface area (Å²) in [6, 6.07) is 16.5. The lowest BCUT2D eigenvalue weighted by molar-refractivity contribution is -0.649. The summed E-state index contributed by atoms with van der Waals surface area (Å²) in [5, 5.41) is 0. The van der Waals surface area contributed by atoms with E-state index in [1.54, 1.807) is 0 Å². The minimum absolute atomic E-state index is 0.0197. The molecule has 1 saturated carbocycles. The topological polar surface area (TPSA) is 38.4 Å². The van der Waals surface area contributed by atoms with Gasteiger partial charge in [0.1, 0.15) is 6.10 Å². The molecule has 4 rings (SSSR count). The van der Waals surface area contributed by atoms with Gasteiger partial charge in [-0.3, -0.25) is 0 Å². The summed E-state index contributed by atoms with van der Waals surface area (Å²) in [6.45, 7) is 7.30. The number of fused-ring (bicyclic) bond motifs is 1. The zero-order valence-electron chi connectivity index (χ0n) is 21.7. The molecule has 0 amide bonds. The van der Waals surface area contributed by atoms with Gasteiger partial charge in [0.15, 0.2) is 24.1 Å². The van der Waals surface area contributed by atoms with Gasteiger partial charge in [0, 0.05) is 19.8 Å². The van der Waals surface area contributed by atoms with Gasteiger partial charge in [-0.1, -0.05) is 45.2 Å². The van der Waals surface area contributed by atoms with Crippen LogP contribution in [-0.2, 0) is 22.6 Å². The van der Waals surface area contributed by atoms with E-state index in [0.717, 1.165) is 41.0 Å². The van der Waals surface area contributed by atoms with Crippen molar-refractivity contribution in [2.45, 2.75) is 59.2 Å². The second kappa shape index (κ2) is 10.6. The molecule has 184 valence electrons. The third-order valence-corrected chi connectivity index (χ3v) is 7.40. The first-order valence-electron chi connectivity index (χ1n) is 12.7. The van der Waals surface area contributed by atoms with Crippen LogP contribution in [0.5, 0.6) is 0 Å². The van der Waals surface area contributed by atoms with E-state index >= 15 is 0 Å². The predicted octanol–water partition coefficient (Wildman–Crippen LogP) is 5.30. The molecule has 0 N–H and O–H groups in total. The molecule has 0 aliphatic heterocycles. The van der Waals surface area contributed by atoms with Crippen LogP contribution in [0.15, 0.2) is 48.5 Å². The number of benzene rings is 2. The van der Waals surface area contributed by atoms with Crippen LogP contribution < -0.4 is 9.47 Å². The first-order valence-corrected chi connectivity index (χ1v) is 12.7. The highest BCUT2D eigenvalue weighted by atomic mass is 16.5. The minimum Gasteiger partial charge on any atom is -0.459 e. The smallest absolute Gasteiger partial charge is 0.348 e. The van der Waals surface area contributed by atoms with E-state index in [0.29, 0.717) is 24.3 Å². The number of imidazole rings is 1. The van der Waals surface area contributed by atoms with Gasteiger partial charge < -0.3 is 9.64 Å². The number of para-hydroxylation sites is 2. The van der Waals surface area contributed by atoms with E-state index in [1.807, 2.05) is 32.3 Å². The van der Waals surface area contributed by atoms with Crippen LogP contribution in [0.1, 0.15) is 40.0 Å². The summed E-state index contributed by atoms with van der Waals surface area (Å²) in [5.74, 6) is 5.03. The Balaban J connectivity index is 1.73. The Labute approximate surface area is 209 Å². The van der Waals surface area contributed by atoms with Crippen LogP contribution in [0.25, 0.3) is 22.4 Å². The zero-order valence-corrected chi connectivity index (χ0v) is 21.7. The fraction of sp³-hybridized carbons (Fsp3) is 0.467. The first-order chi connectivity index (χ1) is 16.8. The lowest BCUT2D eigenvalue weighted by Gasteiger charge is -2.36. The van der Waals surface area contributed by atoms with E-state index in [-0.39, 0.29) is 18.6 Å². The zero-order chi connectivity index (χ0) is 25.1. The quantitative estimate of drug-likeness (QED) is 0.266. The third kappa shape index (κ3) is 5.22. The monoisotopic (exact) mass is 472 g/mol. The van der Waals surface area contributed by atoms with Crippen molar-refractivity contribution in [1.29, 1.82) is 0 Å². The van der Waals surface area contributed by atoms with Gasteiger partial charge in [0.05, 0.1) is 5.56 Å². The summed E-state index contributed by atoms with van der Waals surface area (Å²) in [7, 11) is 4.05. The number of anilines is 1. The van der Waals surface area contributed by atoms with Crippen molar-refractivity contribution < 1.29 is 14.1 Å². The maximum Gasteiger partial charge on any atom is 0.348 e. The summed E-state index contributed by atoms with van der Waals surface area (Å²) in [5.41, 5.74) is 4.12. The Hall–Kier alpha value is -3.26. The molecule has 0 bridgehead atoms. The van der Waals surface area contributed by atoms with E-state index in [9.17, 15) is 4.79 Å². The Morgan fingerprint density at radius 1 is 1.17 bits per heavy atom. The van der Waals surface area contributed by atoms with Crippen LogP contribution in [0.3, 0.4) is 0 Å². The van der Waals surface area contributed by atoms with E-state index in [4.69, 9.17) is 11.2 Å². The van der Waals surface area contributed by atoms with E-state index < -0.39 is 0 Å². The molecule has 0 saturated heterocycles. The van der Waals surface area contributed by atoms with Crippen LogP contribution in [-0.4, -0.2) is 30.7 Å². The summed E-state index contributed by atoms with van der Waals surface area (Å²) >= 11 is 0. The van der Waals surface area contributed by atoms with Gasteiger partial charge in [-0.25, -0.2) is 13.9 Å². The van der Waals surface area contributed by atoms with Gasteiger partial charge >= 0.3 is 5.97 Å². The fourth-order valence-electron chi connectivity index (χ4n) is 5.51. The van der Waals surface area contributed by atoms with Crippen molar-refractivity contribution in [2.75, 3.05) is 19.0 Å². The van der Waals surface area contributed by atoms with Crippen LogP contribution in [0, 0.1) is 30.1 Å². The number of carbonyl (C=O) groups excluding carboxylic acids is 1. The standard InChI is InChI=1S/C30H38N3O2/c1-7-18-32-26-10-8-9-11-27(26)33(30(32)23-13-15-24(16-14-23)31(5)6)20-29(34)35-28-19-22(4)12-17-25(28)21(2)3/h1,8-11,13-16,21-22,25,28H,12,17-20H2,2-6H3/q+1/t22-,25+,28-/m1/s1. The van der Waals surface area contributed by atoms with Gasteiger partial charge in [-0.15, -0.1) is 6.42 Å². The van der Waals surface area contributed by atoms with Gasteiger partial charge in [-0.2, -0.15) is 0 Å². The maximum absolute atomic E-state index is 13.4. The number of ether oxygens (including phenoxy) is 1. The molecule has 0 spiro atoms. The molecule has 1 aliphatic carbocycles. The Morgan fingerprint density at radius 2 is 1.89 bits per heavy atom. The fourth-order valence-corrected chi connectivity index (χ4v) is 5.51. The average molecular weight is 473 g/mol. The molecule has 5 nitrogen and oxygen atoms in total. The number of hydrogen-bond acceptors (Lipinski definition) is 3.